The van der Waals surface area contributed by atoms with Crippen molar-refractivity contribution in [2.75, 3.05) is 14.2 Å². The number of hydrogen-bond donors (Lipinski definition) is 1. The van der Waals surface area contributed by atoms with Crippen molar-refractivity contribution in [1.82, 2.24) is 5.32 Å². The van der Waals surface area contributed by atoms with Gasteiger partial charge in [0, 0.05) is 7.05 Å². The normalized spacial score (nSPS) is 11.0. The average Bonchev–Trinajstić information content (AvgIpc) is 2.73. The topological polar surface area (TPSA) is 59.9 Å². The molecule has 0 aliphatic rings. The average molecular weight is 360 g/mol. The van der Waals surface area contributed by atoms with E-state index in [1.807, 2.05) is 66.7 Å². The quantitative estimate of drug-likeness (QED) is 0.528. The number of para-hydroxylation sites is 1. The summed E-state index contributed by atoms with van der Waals surface area (Å²) in [6.45, 7) is 0. The van der Waals surface area contributed by atoms with Gasteiger partial charge in [0.15, 0.2) is 5.71 Å². The van der Waals surface area contributed by atoms with Gasteiger partial charge in [-0.1, -0.05) is 59.8 Å². The summed E-state index contributed by atoms with van der Waals surface area (Å²) in [5.41, 5.74) is 2.84. The molecule has 0 saturated carbocycles. The lowest BCUT2D eigenvalue weighted by Gasteiger charge is -2.13. The largest absolute Gasteiger partial charge is 0.457 e. The summed E-state index contributed by atoms with van der Waals surface area (Å²) < 4.78 is 6.08. The number of carbonyl (C=O) groups excluding carboxylic acids is 1. The Morgan fingerprint density at radius 2 is 1.59 bits per heavy atom. The third-order valence-electron chi connectivity index (χ3n) is 3.94. The minimum atomic E-state index is -0.356. The first-order chi connectivity index (χ1) is 13.2. The maximum Gasteiger partial charge on any atom is 0.273 e. The van der Waals surface area contributed by atoms with Crippen LogP contribution in [0.3, 0.4) is 0 Å². The molecule has 5 heteroatoms. The maximum atomic E-state index is 12.2. The highest BCUT2D eigenvalue weighted by molar-refractivity contribution is 6.45. The summed E-state index contributed by atoms with van der Waals surface area (Å²) >= 11 is 0. The SMILES string of the molecule is CNC(=O)/C(=N/OC)c1ccccc1Oc1cccc(-c2ccccc2)c1. The van der Waals surface area contributed by atoms with Crippen LogP contribution in [0, 0.1) is 0 Å². The summed E-state index contributed by atoms with van der Waals surface area (Å²) in [6, 6.07) is 25.1. The maximum absolute atomic E-state index is 12.2. The number of benzene rings is 3. The number of nitrogens with zero attached hydrogens (tertiary/aromatic N) is 1. The molecule has 0 fully saturated rings. The predicted molar refractivity (Wildman–Crippen MR) is 106 cm³/mol. The summed E-state index contributed by atoms with van der Waals surface area (Å²) in [5.74, 6) is 0.825. The molecule has 27 heavy (non-hydrogen) atoms. The molecule has 0 unspecified atom stereocenters. The highest BCUT2D eigenvalue weighted by atomic mass is 16.6. The highest BCUT2D eigenvalue weighted by Crippen LogP contribution is 2.29. The number of amides is 1. The van der Waals surface area contributed by atoms with E-state index in [2.05, 4.69) is 10.5 Å². The molecule has 3 aromatic rings. The Balaban J connectivity index is 1.96. The van der Waals surface area contributed by atoms with E-state index in [1.54, 1.807) is 19.2 Å². The fraction of sp³-hybridized carbons (Fsp3) is 0.0909. The van der Waals surface area contributed by atoms with E-state index in [0.29, 0.717) is 17.1 Å². The zero-order valence-electron chi connectivity index (χ0n) is 15.2. The van der Waals surface area contributed by atoms with Gasteiger partial charge in [0.2, 0.25) is 0 Å². The van der Waals surface area contributed by atoms with Gasteiger partial charge in [-0.2, -0.15) is 0 Å². The van der Waals surface area contributed by atoms with Crippen LogP contribution in [0.1, 0.15) is 5.56 Å². The standard InChI is InChI=1S/C22H20N2O3/c1-23-22(25)21(24-26-2)19-13-6-7-14-20(19)27-18-12-8-11-17(15-18)16-9-4-3-5-10-16/h3-15H,1-2H3,(H,23,25)/b24-21+. The van der Waals surface area contributed by atoms with Crippen LogP contribution >= 0.6 is 0 Å². The molecule has 0 spiro atoms. The minimum Gasteiger partial charge on any atom is -0.457 e. The van der Waals surface area contributed by atoms with Gasteiger partial charge in [0.1, 0.15) is 18.6 Å². The molecule has 3 rings (SSSR count). The molecule has 0 bridgehead atoms. The number of oxime groups is 1. The number of hydrogen-bond acceptors (Lipinski definition) is 4. The molecule has 0 aromatic heterocycles. The van der Waals surface area contributed by atoms with Gasteiger partial charge in [-0.25, -0.2) is 0 Å². The van der Waals surface area contributed by atoms with Crippen molar-refractivity contribution in [2.24, 2.45) is 5.16 Å². The van der Waals surface area contributed by atoms with E-state index in [9.17, 15) is 4.79 Å². The lowest BCUT2D eigenvalue weighted by atomic mass is 10.1. The molecule has 0 aliphatic carbocycles. The highest BCUT2D eigenvalue weighted by Gasteiger charge is 2.18. The molecule has 0 heterocycles. The molecule has 1 N–H and O–H groups in total. The Morgan fingerprint density at radius 1 is 0.889 bits per heavy atom. The van der Waals surface area contributed by atoms with E-state index < -0.39 is 0 Å². The van der Waals surface area contributed by atoms with Gasteiger partial charge in [0.05, 0.1) is 5.56 Å². The van der Waals surface area contributed by atoms with Crippen molar-refractivity contribution >= 4 is 11.6 Å². The minimum absolute atomic E-state index is 0.148. The molecule has 3 aromatic carbocycles. The van der Waals surface area contributed by atoms with Gasteiger partial charge in [0.25, 0.3) is 5.91 Å². The van der Waals surface area contributed by atoms with Gasteiger partial charge in [-0.05, 0) is 35.4 Å². The van der Waals surface area contributed by atoms with Gasteiger partial charge >= 0.3 is 0 Å². The van der Waals surface area contributed by atoms with E-state index in [1.165, 1.54) is 7.11 Å². The molecule has 0 radical (unpaired) electrons. The smallest absolute Gasteiger partial charge is 0.273 e. The van der Waals surface area contributed by atoms with Crippen molar-refractivity contribution in [2.45, 2.75) is 0 Å². The number of ether oxygens (including phenoxy) is 1. The van der Waals surface area contributed by atoms with Crippen LogP contribution in [0.15, 0.2) is 84.0 Å². The Labute approximate surface area is 158 Å². The van der Waals surface area contributed by atoms with Crippen LogP contribution < -0.4 is 10.1 Å². The first-order valence-corrected chi connectivity index (χ1v) is 8.49. The van der Waals surface area contributed by atoms with E-state index in [0.717, 1.165) is 11.1 Å². The van der Waals surface area contributed by atoms with Crippen LogP contribution in [0.2, 0.25) is 0 Å². The van der Waals surface area contributed by atoms with Crippen molar-refractivity contribution < 1.29 is 14.4 Å². The van der Waals surface area contributed by atoms with Gasteiger partial charge in [-0.3, -0.25) is 4.79 Å². The second kappa shape index (κ2) is 8.67. The lowest BCUT2D eigenvalue weighted by Crippen LogP contribution is -2.28. The molecule has 0 aliphatic heterocycles. The molecule has 1 amide bonds. The van der Waals surface area contributed by atoms with Crippen LogP contribution in [0.25, 0.3) is 11.1 Å². The van der Waals surface area contributed by atoms with Crippen molar-refractivity contribution in [3.63, 3.8) is 0 Å². The zero-order chi connectivity index (χ0) is 19.1. The second-order valence-electron chi connectivity index (χ2n) is 5.69. The Morgan fingerprint density at radius 3 is 2.33 bits per heavy atom. The fourth-order valence-electron chi connectivity index (χ4n) is 2.67. The summed E-state index contributed by atoms with van der Waals surface area (Å²) in [4.78, 5) is 17.0. The zero-order valence-corrected chi connectivity index (χ0v) is 15.2. The number of likely N-dealkylation sites (N-methyl/N-ethyl adjacent to an activating group) is 1. The summed E-state index contributed by atoms with van der Waals surface area (Å²) in [5, 5.41) is 6.42. The Kier molecular flexibility index (Phi) is 5.84. The van der Waals surface area contributed by atoms with Crippen LogP contribution in [-0.2, 0) is 9.63 Å². The Hall–Kier alpha value is -3.60. The second-order valence-corrected chi connectivity index (χ2v) is 5.69. The first-order valence-electron chi connectivity index (χ1n) is 8.49. The molecule has 136 valence electrons. The van der Waals surface area contributed by atoms with Gasteiger partial charge < -0.3 is 14.9 Å². The lowest BCUT2D eigenvalue weighted by molar-refractivity contribution is -0.114. The van der Waals surface area contributed by atoms with Crippen LogP contribution in [0.5, 0.6) is 11.5 Å². The monoisotopic (exact) mass is 360 g/mol. The third-order valence-corrected chi connectivity index (χ3v) is 3.94. The van der Waals surface area contributed by atoms with Crippen molar-refractivity contribution in [1.29, 1.82) is 0 Å². The van der Waals surface area contributed by atoms with Crippen LogP contribution in [-0.4, -0.2) is 25.8 Å². The van der Waals surface area contributed by atoms with E-state index in [4.69, 9.17) is 9.57 Å². The van der Waals surface area contributed by atoms with Gasteiger partial charge in [-0.15, -0.1) is 0 Å². The molecular weight excluding hydrogens is 340 g/mol. The molecular formula is C22H20N2O3. The third kappa shape index (κ3) is 4.33. The van der Waals surface area contributed by atoms with Crippen molar-refractivity contribution in [3.8, 4) is 22.6 Å². The number of rotatable bonds is 6. The molecule has 0 atom stereocenters. The number of nitrogens with one attached hydrogen (secondary N) is 1. The molecule has 5 nitrogen and oxygen atoms in total. The molecule has 0 saturated heterocycles. The fourth-order valence-corrected chi connectivity index (χ4v) is 2.67. The van der Waals surface area contributed by atoms with E-state index in [-0.39, 0.29) is 11.6 Å². The number of carbonyl (C=O) groups is 1. The summed E-state index contributed by atoms with van der Waals surface area (Å²) in [7, 11) is 2.94. The van der Waals surface area contributed by atoms with Crippen LogP contribution in [0.4, 0.5) is 0 Å². The summed E-state index contributed by atoms with van der Waals surface area (Å²) in [6.07, 6.45) is 0. The van der Waals surface area contributed by atoms with E-state index >= 15 is 0 Å². The first kappa shape index (κ1) is 18.2. The Bertz CT molecular complexity index is 953. The predicted octanol–water partition coefficient (Wildman–Crippen LogP) is 4.24. The van der Waals surface area contributed by atoms with Crippen molar-refractivity contribution in [3.05, 3.63) is 84.4 Å².